The zero-order valence-corrected chi connectivity index (χ0v) is 13.5. The number of rotatable bonds is 3. The number of hydrogen-bond donors (Lipinski definition) is 1. The van der Waals surface area contributed by atoms with Crippen LogP contribution in [0.2, 0.25) is 5.02 Å². The highest BCUT2D eigenvalue weighted by Gasteiger charge is 2.45. The van der Waals surface area contributed by atoms with Crippen LogP contribution < -0.4 is 5.32 Å². The molecule has 1 aromatic carbocycles. The number of aromatic nitrogens is 1. The molecule has 1 aliphatic carbocycles. The van der Waals surface area contributed by atoms with Gasteiger partial charge in [0.1, 0.15) is 5.82 Å². The predicted octanol–water partition coefficient (Wildman–Crippen LogP) is 4.16. The molecule has 2 aromatic rings. The highest BCUT2D eigenvalue weighted by atomic mass is 35.5. The van der Waals surface area contributed by atoms with Gasteiger partial charge in [0.2, 0.25) is 5.67 Å². The molecular weight excluding hydrogens is 334 g/mol. The van der Waals surface area contributed by atoms with Gasteiger partial charge in [-0.2, -0.15) is 0 Å². The van der Waals surface area contributed by atoms with E-state index in [2.05, 4.69) is 16.9 Å². The Morgan fingerprint density at radius 2 is 2.21 bits per heavy atom. The number of hydrogen-bond acceptors (Lipinski definition) is 2. The Balaban J connectivity index is 1.82. The zero-order valence-electron chi connectivity index (χ0n) is 12.8. The Morgan fingerprint density at radius 1 is 1.42 bits per heavy atom. The number of nitrogens with zero attached hydrogens (tertiary/aromatic N) is 1. The van der Waals surface area contributed by atoms with Crippen molar-refractivity contribution in [3.05, 3.63) is 70.8 Å². The van der Waals surface area contributed by atoms with E-state index < -0.39 is 17.4 Å². The average molecular weight is 349 g/mol. The van der Waals surface area contributed by atoms with Gasteiger partial charge in [0.15, 0.2) is 0 Å². The number of carbonyl (C=O) groups excluding carboxylic acids is 1. The topological polar surface area (TPSA) is 42.0 Å². The molecule has 1 aliphatic rings. The van der Waals surface area contributed by atoms with Gasteiger partial charge in [-0.3, -0.25) is 9.78 Å². The Morgan fingerprint density at radius 3 is 2.96 bits per heavy atom. The van der Waals surface area contributed by atoms with Gasteiger partial charge in [0, 0.05) is 23.3 Å². The fraction of sp³-hybridized carbons (Fsp3) is 0.222. The van der Waals surface area contributed by atoms with Gasteiger partial charge < -0.3 is 5.32 Å². The standard InChI is InChI=1S/C18H15ClF2N2O/c1-11-6-7-18(21,14-3-2-8-22-16(11)14)17(24)23-10-12-4-5-13(20)9-15(12)19/h2-5,8-9H,1,6-7,10H2,(H,23,24). The number of fused-ring (bicyclic) bond motifs is 1. The molecule has 3 rings (SSSR count). The van der Waals surface area contributed by atoms with Crippen molar-refractivity contribution < 1.29 is 13.6 Å². The van der Waals surface area contributed by atoms with E-state index in [4.69, 9.17) is 11.6 Å². The second kappa shape index (κ2) is 6.32. The zero-order chi connectivity index (χ0) is 17.3. The molecule has 1 unspecified atom stereocenters. The molecule has 1 heterocycles. The van der Waals surface area contributed by atoms with E-state index in [1.54, 1.807) is 18.3 Å². The molecule has 0 bridgehead atoms. The Hall–Kier alpha value is -2.27. The summed E-state index contributed by atoms with van der Waals surface area (Å²) in [6.45, 7) is 3.89. The van der Waals surface area contributed by atoms with Gasteiger partial charge in [-0.05, 0) is 42.2 Å². The highest BCUT2D eigenvalue weighted by Crippen LogP contribution is 2.42. The Kier molecular flexibility index (Phi) is 4.37. The van der Waals surface area contributed by atoms with Gasteiger partial charge in [-0.1, -0.05) is 30.3 Å². The molecule has 1 amide bonds. The lowest BCUT2D eigenvalue weighted by Gasteiger charge is -2.31. The van der Waals surface area contributed by atoms with E-state index in [1.165, 1.54) is 12.1 Å². The smallest absolute Gasteiger partial charge is 0.262 e. The summed E-state index contributed by atoms with van der Waals surface area (Å²) in [4.78, 5) is 16.6. The minimum atomic E-state index is -2.17. The number of benzene rings is 1. The largest absolute Gasteiger partial charge is 0.349 e. The molecule has 24 heavy (non-hydrogen) atoms. The van der Waals surface area contributed by atoms with Crippen molar-refractivity contribution in [2.45, 2.75) is 25.1 Å². The fourth-order valence-corrected chi connectivity index (χ4v) is 3.03. The number of nitrogens with one attached hydrogen (secondary N) is 1. The molecule has 6 heteroatoms. The van der Waals surface area contributed by atoms with Crippen LogP contribution in [0.25, 0.3) is 5.57 Å². The summed E-state index contributed by atoms with van der Waals surface area (Å²) in [7, 11) is 0. The molecule has 0 radical (unpaired) electrons. The van der Waals surface area contributed by atoms with Crippen molar-refractivity contribution in [3.8, 4) is 0 Å². The van der Waals surface area contributed by atoms with Crippen LogP contribution in [-0.4, -0.2) is 10.9 Å². The van der Waals surface area contributed by atoms with Crippen LogP contribution in [0.4, 0.5) is 8.78 Å². The predicted molar refractivity (Wildman–Crippen MR) is 88.5 cm³/mol. The Bertz CT molecular complexity index is 824. The van der Waals surface area contributed by atoms with E-state index in [0.717, 1.165) is 6.07 Å². The summed E-state index contributed by atoms with van der Waals surface area (Å²) in [5.41, 5.74) is -0.280. The third-order valence-corrected chi connectivity index (χ3v) is 4.51. The molecule has 0 saturated carbocycles. The van der Waals surface area contributed by atoms with Gasteiger partial charge >= 0.3 is 0 Å². The van der Waals surface area contributed by atoms with E-state index in [9.17, 15) is 9.18 Å². The van der Waals surface area contributed by atoms with Crippen LogP contribution in [0.5, 0.6) is 0 Å². The van der Waals surface area contributed by atoms with Crippen LogP contribution in [0.1, 0.15) is 29.7 Å². The van der Waals surface area contributed by atoms with Crippen molar-refractivity contribution in [2.24, 2.45) is 0 Å². The van der Waals surface area contributed by atoms with Crippen molar-refractivity contribution in [1.29, 1.82) is 0 Å². The highest BCUT2D eigenvalue weighted by molar-refractivity contribution is 6.31. The third-order valence-electron chi connectivity index (χ3n) is 4.16. The number of allylic oxidation sites excluding steroid dienone is 1. The second-order valence-electron chi connectivity index (χ2n) is 5.72. The van der Waals surface area contributed by atoms with Crippen LogP contribution in [0, 0.1) is 5.82 Å². The number of alkyl halides is 1. The summed E-state index contributed by atoms with van der Waals surface area (Å²) < 4.78 is 28.5. The first-order valence-electron chi connectivity index (χ1n) is 7.46. The van der Waals surface area contributed by atoms with Crippen molar-refractivity contribution in [3.63, 3.8) is 0 Å². The van der Waals surface area contributed by atoms with Gasteiger partial charge in [-0.15, -0.1) is 0 Å². The molecule has 1 N–H and O–H groups in total. The molecule has 1 atom stereocenters. The molecule has 0 fully saturated rings. The lowest BCUT2D eigenvalue weighted by molar-refractivity contribution is -0.134. The summed E-state index contributed by atoms with van der Waals surface area (Å²) in [6, 6.07) is 6.99. The summed E-state index contributed by atoms with van der Waals surface area (Å²) in [6.07, 6.45) is 1.91. The number of halogens is 3. The number of carbonyl (C=O) groups is 1. The van der Waals surface area contributed by atoms with Crippen molar-refractivity contribution >= 4 is 23.1 Å². The first kappa shape index (κ1) is 16.6. The maximum atomic E-state index is 15.4. The minimum absolute atomic E-state index is 0.00745. The van der Waals surface area contributed by atoms with Crippen LogP contribution >= 0.6 is 11.6 Å². The third kappa shape index (κ3) is 2.91. The van der Waals surface area contributed by atoms with Crippen LogP contribution in [-0.2, 0) is 17.0 Å². The molecule has 0 saturated heterocycles. The van der Waals surface area contributed by atoms with Crippen molar-refractivity contribution in [2.75, 3.05) is 0 Å². The first-order chi connectivity index (χ1) is 11.4. The monoisotopic (exact) mass is 348 g/mol. The normalized spacial score (nSPS) is 19.7. The fourth-order valence-electron chi connectivity index (χ4n) is 2.80. The minimum Gasteiger partial charge on any atom is -0.349 e. The maximum Gasteiger partial charge on any atom is 0.262 e. The van der Waals surface area contributed by atoms with Gasteiger partial charge in [-0.25, -0.2) is 8.78 Å². The summed E-state index contributed by atoms with van der Waals surface area (Å²) >= 11 is 5.93. The second-order valence-corrected chi connectivity index (χ2v) is 6.13. The quantitative estimate of drug-likeness (QED) is 0.904. The average Bonchev–Trinajstić information content (AvgIpc) is 2.57. The van der Waals surface area contributed by atoms with Crippen molar-refractivity contribution in [1.82, 2.24) is 10.3 Å². The van der Waals surface area contributed by atoms with E-state index in [1.807, 2.05) is 0 Å². The molecule has 1 aromatic heterocycles. The lowest BCUT2D eigenvalue weighted by atomic mass is 9.80. The van der Waals surface area contributed by atoms with Gasteiger partial charge in [0.05, 0.1) is 5.69 Å². The summed E-state index contributed by atoms with van der Waals surface area (Å²) in [5.74, 6) is -1.23. The van der Waals surface area contributed by atoms with Crippen LogP contribution in [0.3, 0.4) is 0 Å². The van der Waals surface area contributed by atoms with Crippen LogP contribution in [0.15, 0.2) is 43.1 Å². The molecule has 0 aliphatic heterocycles. The van der Waals surface area contributed by atoms with E-state index >= 15 is 4.39 Å². The SMILES string of the molecule is C=C1CCC(F)(C(=O)NCc2ccc(F)cc2Cl)c2cccnc21. The van der Waals surface area contributed by atoms with Gasteiger partial charge in [0.25, 0.3) is 5.91 Å². The number of amides is 1. The summed E-state index contributed by atoms with van der Waals surface area (Å²) in [5, 5.41) is 2.73. The lowest BCUT2D eigenvalue weighted by Crippen LogP contribution is -2.43. The maximum absolute atomic E-state index is 15.4. The van der Waals surface area contributed by atoms with E-state index in [-0.39, 0.29) is 23.6 Å². The first-order valence-corrected chi connectivity index (χ1v) is 7.84. The molecule has 3 nitrogen and oxygen atoms in total. The molecule has 0 spiro atoms. The van der Waals surface area contributed by atoms with E-state index in [0.29, 0.717) is 23.3 Å². The molecular formula is C18H15ClF2N2O. The number of pyridine rings is 1. The molecule has 124 valence electrons. The Labute approximate surface area is 143 Å².